The highest BCUT2D eigenvalue weighted by Crippen LogP contribution is 2.26. The fourth-order valence-electron chi connectivity index (χ4n) is 4.38. The molecule has 2 aliphatic rings. The van der Waals surface area contributed by atoms with Crippen molar-refractivity contribution in [2.24, 2.45) is 0 Å². The van der Waals surface area contributed by atoms with Crippen LogP contribution in [0.4, 0.5) is 5.69 Å². The van der Waals surface area contributed by atoms with Gasteiger partial charge in [0.05, 0.1) is 12.3 Å². The standard InChI is InChI=1S/C23H29ClN4O3/c1-17-5-6-19(24)16-20(17)26-9-7-25(8-10-26)18(2)22(29)27-11-13-28(14-12-27)23(30)21-4-3-15-31-21/h3-6,15-16,18H,7-14H2,1-2H3/t18-/m1/s1. The van der Waals surface area contributed by atoms with Crippen molar-refractivity contribution in [3.05, 3.63) is 52.9 Å². The smallest absolute Gasteiger partial charge is 0.289 e. The Labute approximate surface area is 188 Å². The zero-order chi connectivity index (χ0) is 22.0. The molecule has 1 atom stereocenters. The zero-order valence-electron chi connectivity index (χ0n) is 18.1. The summed E-state index contributed by atoms with van der Waals surface area (Å²) in [5.41, 5.74) is 2.38. The minimum atomic E-state index is -0.171. The molecule has 1 aromatic heterocycles. The van der Waals surface area contributed by atoms with E-state index >= 15 is 0 Å². The van der Waals surface area contributed by atoms with Crippen LogP contribution in [0.3, 0.4) is 0 Å². The summed E-state index contributed by atoms with van der Waals surface area (Å²) in [7, 11) is 0. The van der Waals surface area contributed by atoms with Gasteiger partial charge < -0.3 is 19.1 Å². The number of aryl methyl sites for hydroxylation is 1. The Kier molecular flexibility index (Phi) is 6.53. The zero-order valence-corrected chi connectivity index (χ0v) is 18.8. The molecule has 0 aliphatic carbocycles. The number of halogens is 1. The van der Waals surface area contributed by atoms with E-state index in [1.54, 1.807) is 17.0 Å². The summed E-state index contributed by atoms with van der Waals surface area (Å²) in [6, 6.07) is 9.19. The molecule has 2 aromatic rings. The molecule has 2 aliphatic heterocycles. The summed E-state index contributed by atoms with van der Waals surface area (Å²) >= 11 is 6.18. The highest BCUT2D eigenvalue weighted by atomic mass is 35.5. The third-order valence-electron chi connectivity index (χ3n) is 6.34. The van der Waals surface area contributed by atoms with Crippen LogP contribution < -0.4 is 4.90 Å². The number of piperazine rings is 2. The maximum absolute atomic E-state index is 13.1. The second-order valence-electron chi connectivity index (χ2n) is 8.22. The normalized spacial score (nSPS) is 18.9. The first-order chi connectivity index (χ1) is 14.9. The van der Waals surface area contributed by atoms with Gasteiger partial charge in [-0.05, 0) is 43.7 Å². The van der Waals surface area contributed by atoms with Crippen LogP contribution in [0, 0.1) is 6.92 Å². The molecule has 2 saturated heterocycles. The monoisotopic (exact) mass is 444 g/mol. The van der Waals surface area contributed by atoms with E-state index in [4.69, 9.17) is 16.0 Å². The molecule has 0 radical (unpaired) electrons. The molecule has 7 nitrogen and oxygen atoms in total. The molecule has 166 valence electrons. The molecule has 31 heavy (non-hydrogen) atoms. The van der Waals surface area contributed by atoms with Crippen molar-refractivity contribution in [3.8, 4) is 0 Å². The van der Waals surface area contributed by atoms with E-state index in [0.29, 0.717) is 31.9 Å². The van der Waals surface area contributed by atoms with E-state index in [2.05, 4.69) is 16.7 Å². The Bertz CT molecular complexity index is 917. The summed E-state index contributed by atoms with van der Waals surface area (Å²) in [4.78, 5) is 33.7. The third kappa shape index (κ3) is 4.72. The Morgan fingerprint density at radius 2 is 1.65 bits per heavy atom. The lowest BCUT2D eigenvalue weighted by Gasteiger charge is -2.41. The Morgan fingerprint density at radius 1 is 0.968 bits per heavy atom. The Balaban J connectivity index is 1.28. The van der Waals surface area contributed by atoms with Gasteiger partial charge >= 0.3 is 0 Å². The molecule has 8 heteroatoms. The van der Waals surface area contributed by atoms with Crippen LogP contribution in [-0.4, -0.2) is 84.9 Å². The first kappa shape index (κ1) is 21.7. The summed E-state index contributed by atoms with van der Waals surface area (Å²) in [5, 5.41) is 0.747. The van der Waals surface area contributed by atoms with E-state index in [-0.39, 0.29) is 17.9 Å². The summed E-state index contributed by atoms with van der Waals surface area (Å²) in [6.45, 7) is 9.64. The number of benzene rings is 1. The highest BCUT2D eigenvalue weighted by molar-refractivity contribution is 6.30. The molecular formula is C23H29ClN4O3. The minimum absolute atomic E-state index is 0.113. The van der Waals surface area contributed by atoms with Gasteiger partial charge in [0.1, 0.15) is 0 Å². The third-order valence-corrected chi connectivity index (χ3v) is 6.58. The molecule has 0 spiro atoms. The second-order valence-corrected chi connectivity index (χ2v) is 8.66. The molecule has 2 amide bonds. The van der Waals surface area contributed by atoms with Gasteiger partial charge in [0.15, 0.2) is 5.76 Å². The lowest BCUT2D eigenvalue weighted by atomic mass is 10.1. The number of hydrogen-bond donors (Lipinski definition) is 0. The van der Waals surface area contributed by atoms with E-state index in [1.165, 1.54) is 17.5 Å². The summed E-state index contributed by atoms with van der Waals surface area (Å²) in [5.74, 6) is 0.371. The van der Waals surface area contributed by atoms with Gasteiger partial charge in [-0.3, -0.25) is 14.5 Å². The Hall–Kier alpha value is -2.51. The van der Waals surface area contributed by atoms with Crippen LogP contribution in [-0.2, 0) is 4.79 Å². The predicted molar refractivity (Wildman–Crippen MR) is 121 cm³/mol. The van der Waals surface area contributed by atoms with Gasteiger partial charge in [0, 0.05) is 63.1 Å². The lowest BCUT2D eigenvalue weighted by molar-refractivity contribution is -0.138. The number of amides is 2. The van der Waals surface area contributed by atoms with Crippen molar-refractivity contribution in [2.45, 2.75) is 19.9 Å². The van der Waals surface area contributed by atoms with Crippen molar-refractivity contribution >= 4 is 29.1 Å². The van der Waals surface area contributed by atoms with Crippen molar-refractivity contribution in [3.63, 3.8) is 0 Å². The fraction of sp³-hybridized carbons (Fsp3) is 0.478. The number of carbonyl (C=O) groups is 2. The molecule has 0 unspecified atom stereocenters. The van der Waals surface area contributed by atoms with Gasteiger partial charge in [0.2, 0.25) is 5.91 Å². The molecule has 1 aromatic carbocycles. The number of furan rings is 1. The molecule has 2 fully saturated rings. The van der Waals surface area contributed by atoms with E-state index in [9.17, 15) is 9.59 Å². The van der Waals surface area contributed by atoms with Crippen LogP contribution in [0.2, 0.25) is 5.02 Å². The number of anilines is 1. The second kappa shape index (κ2) is 9.32. The van der Waals surface area contributed by atoms with Gasteiger partial charge in [0.25, 0.3) is 5.91 Å². The van der Waals surface area contributed by atoms with Crippen molar-refractivity contribution < 1.29 is 14.0 Å². The van der Waals surface area contributed by atoms with Crippen molar-refractivity contribution in [1.82, 2.24) is 14.7 Å². The van der Waals surface area contributed by atoms with E-state index in [1.807, 2.05) is 30.0 Å². The molecular weight excluding hydrogens is 416 g/mol. The number of hydrogen-bond acceptors (Lipinski definition) is 5. The van der Waals surface area contributed by atoms with E-state index in [0.717, 1.165) is 31.2 Å². The Morgan fingerprint density at radius 3 is 2.29 bits per heavy atom. The molecule has 3 heterocycles. The predicted octanol–water partition coefficient (Wildman–Crippen LogP) is 2.74. The SMILES string of the molecule is Cc1ccc(Cl)cc1N1CCN([C@H](C)C(=O)N2CCN(C(=O)c3ccco3)CC2)CC1. The van der Waals surface area contributed by atoms with Crippen LogP contribution in [0.5, 0.6) is 0 Å². The maximum atomic E-state index is 13.1. The summed E-state index contributed by atoms with van der Waals surface area (Å²) in [6.07, 6.45) is 1.50. The first-order valence-electron chi connectivity index (χ1n) is 10.8. The van der Waals surface area contributed by atoms with Gasteiger partial charge in [-0.25, -0.2) is 0 Å². The van der Waals surface area contributed by atoms with Crippen molar-refractivity contribution in [2.75, 3.05) is 57.3 Å². The average molecular weight is 445 g/mol. The highest BCUT2D eigenvalue weighted by Gasteiger charge is 2.32. The van der Waals surface area contributed by atoms with Crippen LogP contribution >= 0.6 is 11.6 Å². The quantitative estimate of drug-likeness (QED) is 0.725. The number of carbonyl (C=O) groups excluding carboxylic acids is 2. The summed E-state index contributed by atoms with van der Waals surface area (Å²) < 4.78 is 5.21. The van der Waals surface area contributed by atoms with Crippen LogP contribution in [0.15, 0.2) is 41.0 Å². The first-order valence-corrected chi connectivity index (χ1v) is 11.2. The van der Waals surface area contributed by atoms with E-state index < -0.39 is 0 Å². The molecule has 0 bridgehead atoms. The number of nitrogens with zero attached hydrogens (tertiary/aromatic N) is 4. The topological polar surface area (TPSA) is 60.2 Å². The van der Waals surface area contributed by atoms with Crippen molar-refractivity contribution in [1.29, 1.82) is 0 Å². The maximum Gasteiger partial charge on any atom is 0.289 e. The average Bonchev–Trinajstić information content (AvgIpc) is 3.34. The molecule has 0 saturated carbocycles. The largest absolute Gasteiger partial charge is 0.459 e. The fourth-order valence-corrected chi connectivity index (χ4v) is 4.55. The molecule has 4 rings (SSSR count). The van der Waals surface area contributed by atoms with Crippen LogP contribution in [0.1, 0.15) is 23.0 Å². The number of rotatable bonds is 4. The van der Waals surface area contributed by atoms with Gasteiger partial charge in [-0.15, -0.1) is 0 Å². The van der Waals surface area contributed by atoms with Crippen LogP contribution in [0.25, 0.3) is 0 Å². The van der Waals surface area contributed by atoms with Gasteiger partial charge in [-0.2, -0.15) is 0 Å². The minimum Gasteiger partial charge on any atom is -0.459 e. The lowest BCUT2D eigenvalue weighted by Crippen LogP contribution is -2.58. The van der Waals surface area contributed by atoms with Gasteiger partial charge in [-0.1, -0.05) is 17.7 Å². The molecule has 0 N–H and O–H groups in total.